The zero-order valence-corrected chi connectivity index (χ0v) is 15.6. The van der Waals surface area contributed by atoms with E-state index in [1.54, 1.807) is 26.8 Å². The van der Waals surface area contributed by atoms with Crippen LogP contribution in [0.2, 0.25) is 0 Å². The predicted octanol–water partition coefficient (Wildman–Crippen LogP) is 3.63. The van der Waals surface area contributed by atoms with E-state index < -0.39 is 34.5 Å². The van der Waals surface area contributed by atoms with Crippen LogP contribution in [-0.2, 0) is 27.7 Å². The number of hydrogen-bond acceptors (Lipinski definition) is 7. The van der Waals surface area contributed by atoms with E-state index in [9.17, 15) is 19.7 Å². The summed E-state index contributed by atoms with van der Waals surface area (Å²) >= 11 is 4.65. The Labute approximate surface area is 150 Å². The van der Waals surface area contributed by atoms with Crippen LogP contribution in [0.4, 0.5) is 15.3 Å². The molecule has 1 aromatic rings. The van der Waals surface area contributed by atoms with Crippen LogP contribution in [0.15, 0.2) is 18.2 Å². The number of ether oxygens (including phenoxy) is 2. The van der Waals surface area contributed by atoms with Gasteiger partial charge in [0.2, 0.25) is 0 Å². The molecule has 1 N–H and O–H groups in total. The molecule has 25 heavy (non-hydrogen) atoms. The van der Waals surface area contributed by atoms with Crippen LogP contribution in [0.1, 0.15) is 37.9 Å². The standard InChI is InChI=1S/C15H17N2O6PS/c1-15(2,3)23-13(18)16-12-10-7-9(17(20)21)5-4-8(10)6-11(12)22-14(19)24-25/h4-5,7,11-12H,6H2,1-3H3,(H,16,18). The molecule has 0 aliphatic heterocycles. The first-order valence-electron chi connectivity index (χ1n) is 7.41. The number of benzene rings is 1. The first-order chi connectivity index (χ1) is 11.6. The van der Waals surface area contributed by atoms with Crippen LogP contribution < -0.4 is 5.32 Å². The van der Waals surface area contributed by atoms with Crippen molar-refractivity contribution >= 4 is 36.7 Å². The fraction of sp³-hybridized carbons (Fsp3) is 0.467. The summed E-state index contributed by atoms with van der Waals surface area (Å²) < 4.78 is 10.5. The van der Waals surface area contributed by atoms with Crippen molar-refractivity contribution in [1.82, 2.24) is 5.32 Å². The monoisotopic (exact) mass is 384 g/mol. The minimum atomic E-state index is -0.745. The molecule has 0 saturated carbocycles. The van der Waals surface area contributed by atoms with Gasteiger partial charge in [0.15, 0.2) is 0 Å². The lowest BCUT2D eigenvalue weighted by atomic mass is 10.1. The van der Waals surface area contributed by atoms with Gasteiger partial charge in [0.05, 0.1) is 18.3 Å². The van der Waals surface area contributed by atoms with Gasteiger partial charge in [-0.15, -0.1) is 0 Å². The van der Waals surface area contributed by atoms with Crippen molar-refractivity contribution in [2.45, 2.75) is 44.9 Å². The molecule has 10 heteroatoms. The number of nitrogens with zero attached hydrogens (tertiary/aromatic N) is 1. The number of carbonyl (C=O) groups excluding carboxylic acids is 2. The van der Waals surface area contributed by atoms with E-state index >= 15 is 0 Å². The van der Waals surface area contributed by atoms with Gasteiger partial charge in [-0.3, -0.25) is 10.1 Å². The Hall–Kier alpha value is -2.12. The fourth-order valence-corrected chi connectivity index (χ4v) is 2.88. The zero-order valence-electron chi connectivity index (χ0n) is 13.8. The molecule has 2 rings (SSSR count). The molecular formula is C15H17N2O6PS. The Kier molecular flexibility index (Phi) is 5.69. The molecule has 0 radical (unpaired) electrons. The molecule has 1 amide bonds. The highest BCUT2D eigenvalue weighted by molar-refractivity contribution is 8.03. The number of alkyl carbamates (subject to hydrolysis) is 1. The van der Waals surface area contributed by atoms with E-state index in [-0.39, 0.29) is 13.0 Å². The maximum atomic E-state index is 12.1. The summed E-state index contributed by atoms with van der Waals surface area (Å²) in [6.07, 6.45) is -1.08. The van der Waals surface area contributed by atoms with Gasteiger partial charge < -0.3 is 14.8 Å². The summed E-state index contributed by atoms with van der Waals surface area (Å²) in [5.74, 6) is 0. The Bertz CT molecular complexity index is 733. The minimum Gasteiger partial charge on any atom is -0.452 e. The second kappa shape index (κ2) is 7.41. The number of amides is 1. The molecule has 0 bridgehead atoms. The van der Waals surface area contributed by atoms with Gasteiger partial charge in [0, 0.05) is 18.6 Å². The van der Waals surface area contributed by atoms with Crippen molar-refractivity contribution in [3.8, 4) is 0 Å². The van der Waals surface area contributed by atoms with Gasteiger partial charge in [0.25, 0.3) is 5.69 Å². The normalized spacial score (nSPS) is 19.2. The number of carbonyl (C=O) groups is 2. The van der Waals surface area contributed by atoms with Crippen molar-refractivity contribution in [3.63, 3.8) is 0 Å². The molecular weight excluding hydrogens is 367 g/mol. The average molecular weight is 384 g/mol. The quantitative estimate of drug-likeness (QED) is 0.480. The fourth-order valence-electron chi connectivity index (χ4n) is 2.57. The first kappa shape index (κ1) is 19.2. The highest BCUT2D eigenvalue weighted by Gasteiger charge is 2.38. The van der Waals surface area contributed by atoms with E-state index in [1.807, 2.05) is 0 Å². The lowest BCUT2D eigenvalue weighted by Gasteiger charge is -2.25. The smallest absolute Gasteiger partial charge is 0.408 e. The Morgan fingerprint density at radius 2 is 2.08 bits per heavy atom. The van der Waals surface area contributed by atoms with Crippen LogP contribution in [0.5, 0.6) is 0 Å². The number of nitrogens with one attached hydrogen (secondary N) is 1. The topological polar surface area (TPSA) is 108 Å². The summed E-state index contributed by atoms with van der Waals surface area (Å²) in [5, 5.41) is 13.7. The minimum absolute atomic E-state index is 0.0224. The molecule has 8 nitrogen and oxygen atoms in total. The van der Waals surface area contributed by atoms with E-state index in [4.69, 9.17) is 9.47 Å². The molecule has 134 valence electrons. The van der Waals surface area contributed by atoms with E-state index in [0.717, 1.165) is 5.56 Å². The molecule has 0 spiro atoms. The summed E-state index contributed by atoms with van der Waals surface area (Å²) in [6.45, 7) is 5.15. The van der Waals surface area contributed by atoms with E-state index in [0.29, 0.717) is 12.0 Å². The number of rotatable bonds is 4. The number of nitro benzene ring substituents is 1. The van der Waals surface area contributed by atoms with Crippen molar-refractivity contribution in [2.75, 3.05) is 0 Å². The number of nitro groups is 1. The van der Waals surface area contributed by atoms with Crippen molar-refractivity contribution in [1.29, 1.82) is 0 Å². The second-order valence-corrected chi connectivity index (χ2v) is 7.58. The van der Waals surface area contributed by atoms with Gasteiger partial charge >= 0.3 is 11.8 Å². The van der Waals surface area contributed by atoms with Crippen LogP contribution in [0, 0.1) is 10.1 Å². The largest absolute Gasteiger partial charge is 0.452 e. The Morgan fingerprint density at radius 1 is 1.40 bits per heavy atom. The van der Waals surface area contributed by atoms with Gasteiger partial charge in [-0.2, -0.15) is 0 Å². The number of hydrogen-bond donors (Lipinski definition) is 1. The summed E-state index contributed by atoms with van der Waals surface area (Å²) in [7, 11) is 0.0224. The first-order valence-corrected chi connectivity index (χ1v) is 9.32. The highest BCUT2D eigenvalue weighted by atomic mass is 32.4. The Balaban J connectivity index is 2.31. The summed E-state index contributed by atoms with van der Waals surface area (Å²) in [6, 6.07) is 3.59. The zero-order chi connectivity index (χ0) is 18.8. The van der Waals surface area contributed by atoms with Gasteiger partial charge in [0.1, 0.15) is 11.7 Å². The van der Waals surface area contributed by atoms with Crippen LogP contribution >= 0.6 is 7.36 Å². The maximum absolute atomic E-state index is 12.1. The van der Waals surface area contributed by atoms with E-state index in [2.05, 4.69) is 17.1 Å². The lowest BCUT2D eigenvalue weighted by molar-refractivity contribution is -0.384. The molecule has 1 aliphatic rings. The van der Waals surface area contributed by atoms with Crippen LogP contribution in [0.25, 0.3) is 0 Å². The third-order valence-corrected chi connectivity index (χ3v) is 4.17. The molecule has 1 aromatic carbocycles. The second-order valence-electron chi connectivity index (χ2n) is 6.48. The molecule has 2 atom stereocenters. The van der Waals surface area contributed by atoms with Crippen LogP contribution in [0.3, 0.4) is 0 Å². The summed E-state index contributed by atoms with van der Waals surface area (Å²) in [4.78, 5) is 34.2. The van der Waals surface area contributed by atoms with Crippen LogP contribution in [-0.4, -0.2) is 28.4 Å². The molecule has 2 unspecified atom stereocenters. The molecule has 1 aliphatic carbocycles. The average Bonchev–Trinajstić information content (AvgIpc) is 2.82. The predicted molar refractivity (Wildman–Crippen MR) is 93.5 cm³/mol. The third-order valence-electron chi connectivity index (χ3n) is 3.47. The molecule has 0 aromatic heterocycles. The highest BCUT2D eigenvalue weighted by Crippen LogP contribution is 2.36. The number of non-ortho nitro benzene ring substituents is 1. The summed E-state index contributed by atoms with van der Waals surface area (Å²) in [5.41, 5.74) is -0.148. The van der Waals surface area contributed by atoms with Gasteiger partial charge in [-0.25, -0.2) is 9.59 Å². The molecule has 0 fully saturated rings. The Morgan fingerprint density at radius 3 is 2.64 bits per heavy atom. The van der Waals surface area contributed by atoms with Gasteiger partial charge in [-0.1, -0.05) is 6.07 Å². The SMILES string of the molecule is CC(C)(C)OC(=O)NC1c2cc([N+](=O)[O-])ccc2CC1OC(=O)P=S. The van der Waals surface area contributed by atoms with Crippen molar-refractivity contribution < 1.29 is 24.0 Å². The van der Waals surface area contributed by atoms with E-state index in [1.165, 1.54) is 12.1 Å². The lowest BCUT2D eigenvalue weighted by Crippen LogP contribution is -2.39. The number of fused-ring (bicyclic) bond motifs is 1. The molecule has 0 heterocycles. The van der Waals surface area contributed by atoms with Crippen molar-refractivity contribution in [2.24, 2.45) is 0 Å². The van der Waals surface area contributed by atoms with Crippen molar-refractivity contribution in [3.05, 3.63) is 39.4 Å². The third kappa shape index (κ3) is 4.93. The molecule has 0 saturated heterocycles. The maximum Gasteiger partial charge on any atom is 0.408 e. The van der Waals surface area contributed by atoms with Gasteiger partial charge in [-0.05, 0) is 43.7 Å².